The van der Waals surface area contributed by atoms with Crippen molar-refractivity contribution in [3.63, 3.8) is 0 Å². The van der Waals surface area contributed by atoms with Crippen LogP contribution < -0.4 is 39.6 Å². The van der Waals surface area contributed by atoms with Crippen LogP contribution in [0.25, 0.3) is 32.7 Å². The molecule has 0 aliphatic heterocycles. The predicted molar refractivity (Wildman–Crippen MR) is 185 cm³/mol. The second kappa shape index (κ2) is 13.4. The molecule has 6 rings (SSSR count). The lowest BCUT2D eigenvalue weighted by Gasteiger charge is -2.26. The van der Waals surface area contributed by atoms with Crippen molar-refractivity contribution in [2.75, 3.05) is 35.0 Å². The summed E-state index contributed by atoms with van der Waals surface area (Å²) in [4.78, 5) is 11.7. The van der Waals surface area contributed by atoms with Crippen LogP contribution in [0.3, 0.4) is 0 Å². The minimum atomic E-state index is -1.33. The van der Waals surface area contributed by atoms with Gasteiger partial charge in [-0.25, -0.2) is 4.79 Å². The lowest BCUT2D eigenvalue weighted by atomic mass is 9.93. The van der Waals surface area contributed by atoms with Gasteiger partial charge < -0.3 is 28.8 Å². The third-order valence-corrected chi connectivity index (χ3v) is 10.2. The first-order valence-corrected chi connectivity index (χ1v) is 15.9. The summed E-state index contributed by atoms with van der Waals surface area (Å²) in [6.45, 7) is -0.472. The Kier molecular flexibility index (Phi) is 8.95. The Balaban J connectivity index is 1.77. The first kappa shape index (κ1) is 30.8. The van der Waals surface area contributed by atoms with Gasteiger partial charge in [-0.05, 0) is 75.7 Å². The highest BCUT2D eigenvalue weighted by Crippen LogP contribution is 2.47. The Labute approximate surface area is 268 Å². The molecule has 6 aromatic carbocycles. The van der Waals surface area contributed by atoms with E-state index in [-0.39, 0.29) is 0 Å². The Hall–Kier alpha value is -5.26. The van der Waals surface area contributed by atoms with E-state index in [4.69, 9.17) is 23.7 Å². The van der Waals surface area contributed by atoms with E-state index in [1.165, 1.54) is 0 Å². The second-order valence-corrected chi connectivity index (χ2v) is 12.7. The standard InChI is InChI=1S/C38H33O7P/c1-41-26-17-27(42-2)20-30(19-26)46(31-21-28(43-3)18-29(22-31)44-4)35-16-14-25-10-6-8-12-33(25)38(35)37-32-11-7-5-9-24(32)13-15-34(37)45-23-36(39)40/h5-22H,23H2,1-4H3,(H,39,40). The van der Waals surface area contributed by atoms with Gasteiger partial charge in [-0.2, -0.15) is 0 Å². The first-order chi connectivity index (χ1) is 22.4. The summed E-state index contributed by atoms with van der Waals surface area (Å²) < 4.78 is 29.0. The van der Waals surface area contributed by atoms with Crippen LogP contribution in [0.5, 0.6) is 28.7 Å². The molecule has 0 amide bonds. The van der Waals surface area contributed by atoms with Gasteiger partial charge >= 0.3 is 5.97 Å². The van der Waals surface area contributed by atoms with E-state index >= 15 is 0 Å². The highest BCUT2D eigenvalue weighted by atomic mass is 31.1. The maximum Gasteiger partial charge on any atom is 0.341 e. The largest absolute Gasteiger partial charge is 0.497 e. The number of carbonyl (C=O) groups is 1. The van der Waals surface area contributed by atoms with Gasteiger partial charge in [0.15, 0.2) is 6.61 Å². The third kappa shape index (κ3) is 6.02. The van der Waals surface area contributed by atoms with Crippen LogP contribution >= 0.6 is 7.92 Å². The summed E-state index contributed by atoms with van der Waals surface area (Å²) in [5.74, 6) is 2.08. The van der Waals surface area contributed by atoms with E-state index < -0.39 is 20.5 Å². The molecule has 0 unspecified atom stereocenters. The van der Waals surface area contributed by atoms with E-state index in [1.807, 2.05) is 78.9 Å². The van der Waals surface area contributed by atoms with Gasteiger partial charge in [0.2, 0.25) is 0 Å². The number of hydrogen-bond donors (Lipinski definition) is 1. The molecule has 0 heterocycles. The van der Waals surface area contributed by atoms with Crippen molar-refractivity contribution < 1.29 is 33.6 Å². The maximum absolute atomic E-state index is 11.7. The highest BCUT2D eigenvalue weighted by Gasteiger charge is 2.27. The van der Waals surface area contributed by atoms with Gasteiger partial charge in [0.05, 0.1) is 28.4 Å². The van der Waals surface area contributed by atoms with E-state index in [2.05, 4.69) is 30.3 Å². The van der Waals surface area contributed by atoms with Crippen molar-refractivity contribution in [1.82, 2.24) is 0 Å². The molecule has 0 saturated carbocycles. The molecule has 232 valence electrons. The lowest BCUT2D eigenvalue weighted by molar-refractivity contribution is -0.139. The van der Waals surface area contributed by atoms with Gasteiger partial charge in [0, 0.05) is 23.3 Å². The number of fused-ring (bicyclic) bond motifs is 2. The zero-order valence-electron chi connectivity index (χ0n) is 25.9. The zero-order chi connectivity index (χ0) is 32.2. The minimum absolute atomic E-state index is 0.472. The Bertz CT molecular complexity index is 1960. The Morgan fingerprint density at radius 1 is 0.587 bits per heavy atom. The molecule has 0 fully saturated rings. The Morgan fingerprint density at radius 2 is 1.04 bits per heavy atom. The number of methoxy groups -OCH3 is 4. The zero-order valence-corrected chi connectivity index (χ0v) is 26.8. The van der Waals surface area contributed by atoms with E-state index in [0.717, 1.165) is 48.6 Å². The SMILES string of the molecule is COc1cc(OC)cc(P(c2cc(OC)cc(OC)c2)c2ccc3ccccc3c2-c2c(OCC(=O)O)ccc3ccccc23)c1. The molecule has 6 aromatic rings. The van der Waals surface area contributed by atoms with Crippen LogP contribution in [0.1, 0.15) is 0 Å². The van der Waals surface area contributed by atoms with Crippen molar-refractivity contribution in [3.8, 4) is 39.9 Å². The smallest absolute Gasteiger partial charge is 0.341 e. The van der Waals surface area contributed by atoms with Crippen molar-refractivity contribution in [1.29, 1.82) is 0 Å². The number of carboxylic acid groups (broad SMARTS) is 1. The molecule has 0 aliphatic rings. The molecular weight excluding hydrogens is 599 g/mol. The van der Waals surface area contributed by atoms with Crippen molar-refractivity contribution in [2.45, 2.75) is 0 Å². The highest BCUT2D eigenvalue weighted by molar-refractivity contribution is 7.80. The fourth-order valence-electron chi connectivity index (χ4n) is 5.75. The van der Waals surface area contributed by atoms with Crippen LogP contribution in [0.2, 0.25) is 0 Å². The second-order valence-electron chi connectivity index (χ2n) is 10.5. The van der Waals surface area contributed by atoms with Crippen molar-refractivity contribution in [3.05, 3.63) is 109 Å². The van der Waals surface area contributed by atoms with Crippen LogP contribution in [0.15, 0.2) is 109 Å². The molecule has 0 bridgehead atoms. The third-order valence-electron chi connectivity index (χ3n) is 7.83. The van der Waals surface area contributed by atoms with Gasteiger partial charge in [-0.3, -0.25) is 0 Å². The van der Waals surface area contributed by atoms with Gasteiger partial charge in [0.25, 0.3) is 0 Å². The van der Waals surface area contributed by atoms with Gasteiger partial charge in [-0.15, -0.1) is 0 Å². The summed E-state index contributed by atoms with van der Waals surface area (Å²) in [6, 6.07) is 36.2. The molecule has 0 aromatic heterocycles. The molecule has 7 nitrogen and oxygen atoms in total. The summed E-state index contributed by atoms with van der Waals surface area (Å²) in [7, 11) is 5.22. The van der Waals surface area contributed by atoms with Crippen molar-refractivity contribution >= 4 is 51.3 Å². The van der Waals surface area contributed by atoms with E-state index in [1.54, 1.807) is 28.4 Å². The predicted octanol–water partition coefficient (Wildman–Crippen LogP) is 6.92. The van der Waals surface area contributed by atoms with Crippen LogP contribution in [-0.4, -0.2) is 46.1 Å². The Morgan fingerprint density at radius 3 is 1.52 bits per heavy atom. The van der Waals surface area contributed by atoms with E-state index in [0.29, 0.717) is 28.7 Å². The molecule has 0 spiro atoms. The van der Waals surface area contributed by atoms with E-state index in [9.17, 15) is 9.90 Å². The lowest BCUT2D eigenvalue weighted by Crippen LogP contribution is -2.23. The summed E-state index contributed by atoms with van der Waals surface area (Å²) in [5.41, 5.74) is 1.77. The fraction of sp³-hybridized carbons (Fsp3) is 0.132. The first-order valence-electron chi connectivity index (χ1n) is 14.6. The maximum atomic E-state index is 11.7. The molecule has 1 N–H and O–H groups in total. The number of ether oxygens (including phenoxy) is 5. The number of benzene rings is 6. The summed E-state index contributed by atoms with van der Waals surface area (Å²) in [6.07, 6.45) is 0. The summed E-state index contributed by atoms with van der Waals surface area (Å²) >= 11 is 0. The monoisotopic (exact) mass is 632 g/mol. The topological polar surface area (TPSA) is 83.5 Å². The van der Waals surface area contributed by atoms with Crippen LogP contribution in [0, 0.1) is 0 Å². The number of aliphatic carboxylic acids is 1. The average Bonchev–Trinajstić information content (AvgIpc) is 3.10. The van der Waals surface area contributed by atoms with Crippen LogP contribution in [0.4, 0.5) is 0 Å². The number of hydrogen-bond acceptors (Lipinski definition) is 6. The number of carboxylic acids is 1. The molecule has 8 heteroatoms. The molecule has 0 saturated heterocycles. The van der Waals surface area contributed by atoms with Crippen molar-refractivity contribution in [2.24, 2.45) is 0 Å². The molecule has 46 heavy (non-hydrogen) atoms. The molecule has 0 atom stereocenters. The minimum Gasteiger partial charge on any atom is -0.497 e. The average molecular weight is 633 g/mol. The molecule has 0 aliphatic carbocycles. The number of rotatable bonds is 11. The normalized spacial score (nSPS) is 11.1. The van der Waals surface area contributed by atoms with Gasteiger partial charge in [0.1, 0.15) is 28.7 Å². The molecule has 0 radical (unpaired) electrons. The fourth-order valence-corrected chi connectivity index (χ4v) is 8.31. The molecular formula is C38H33O7P. The van der Waals surface area contributed by atoms with Gasteiger partial charge in [-0.1, -0.05) is 66.7 Å². The quantitative estimate of drug-likeness (QED) is 0.155. The van der Waals surface area contributed by atoms with Crippen LogP contribution in [-0.2, 0) is 4.79 Å². The summed E-state index contributed by atoms with van der Waals surface area (Å²) in [5, 5.41) is 16.6.